The first-order valence-corrected chi connectivity index (χ1v) is 7.89. The number of rotatable bonds is 4. The molecule has 20 heavy (non-hydrogen) atoms. The van der Waals surface area contributed by atoms with E-state index >= 15 is 0 Å². The first kappa shape index (κ1) is 13.6. The lowest BCUT2D eigenvalue weighted by Crippen LogP contribution is -2.27. The Bertz CT molecular complexity index is 430. The summed E-state index contributed by atoms with van der Waals surface area (Å²) in [7, 11) is 0. The SMILES string of the molecule is NC1CCN(c2ccnc(NCC3CCCCC3)n2)C1. The van der Waals surface area contributed by atoms with E-state index in [-0.39, 0.29) is 6.04 Å². The topological polar surface area (TPSA) is 67.1 Å². The molecule has 1 aromatic rings. The van der Waals surface area contributed by atoms with Gasteiger partial charge < -0.3 is 16.0 Å². The molecule has 0 aromatic carbocycles. The van der Waals surface area contributed by atoms with E-state index in [1.54, 1.807) is 0 Å². The predicted molar refractivity (Wildman–Crippen MR) is 81.9 cm³/mol. The molecule has 0 bridgehead atoms. The summed E-state index contributed by atoms with van der Waals surface area (Å²) in [5.41, 5.74) is 5.96. The molecule has 5 nitrogen and oxygen atoms in total. The van der Waals surface area contributed by atoms with Gasteiger partial charge in [0.2, 0.25) is 5.95 Å². The molecule has 2 heterocycles. The third-order valence-electron chi connectivity index (χ3n) is 4.46. The highest BCUT2D eigenvalue weighted by atomic mass is 15.2. The zero-order valence-electron chi connectivity index (χ0n) is 12.1. The average molecular weight is 275 g/mol. The van der Waals surface area contributed by atoms with E-state index in [1.807, 2.05) is 12.3 Å². The number of nitrogens with zero attached hydrogens (tertiary/aromatic N) is 3. The number of nitrogens with one attached hydrogen (secondary N) is 1. The van der Waals surface area contributed by atoms with Gasteiger partial charge in [0.25, 0.3) is 0 Å². The van der Waals surface area contributed by atoms with Gasteiger partial charge >= 0.3 is 0 Å². The van der Waals surface area contributed by atoms with Gasteiger partial charge in [-0.3, -0.25) is 0 Å². The van der Waals surface area contributed by atoms with Crippen LogP contribution >= 0.6 is 0 Å². The van der Waals surface area contributed by atoms with E-state index in [2.05, 4.69) is 20.2 Å². The van der Waals surface area contributed by atoms with Crippen LogP contribution in [0.3, 0.4) is 0 Å². The maximum atomic E-state index is 5.96. The van der Waals surface area contributed by atoms with Gasteiger partial charge in [-0.25, -0.2) is 4.98 Å². The highest BCUT2D eigenvalue weighted by Gasteiger charge is 2.20. The Hall–Kier alpha value is -1.36. The molecule has 0 spiro atoms. The van der Waals surface area contributed by atoms with Crippen molar-refractivity contribution in [3.63, 3.8) is 0 Å². The van der Waals surface area contributed by atoms with Crippen LogP contribution < -0.4 is 16.0 Å². The third kappa shape index (κ3) is 3.39. The highest BCUT2D eigenvalue weighted by molar-refractivity contribution is 5.43. The molecule has 1 atom stereocenters. The monoisotopic (exact) mass is 275 g/mol. The fraction of sp³-hybridized carbons (Fsp3) is 0.733. The number of anilines is 2. The van der Waals surface area contributed by atoms with Crippen molar-refractivity contribution in [2.24, 2.45) is 11.7 Å². The number of hydrogen-bond acceptors (Lipinski definition) is 5. The molecule has 3 rings (SSSR count). The Morgan fingerprint density at radius 3 is 2.85 bits per heavy atom. The van der Waals surface area contributed by atoms with E-state index in [0.29, 0.717) is 0 Å². The van der Waals surface area contributed by atoms with Gasteiger partial charge in [0.1, 0.15) is 5.82 Å². The molecule has 1 aliphatic carbocycles. The highest BCUT2D eigenvalue weighted by Crippen LogP contribution is 2.24. The second kappa shape index (κ2) is 6.39. The van der Waals surface area contributed by atoms with Gasteiger partial charge in [0.15, 0.2) is 0 Å². The molecule has 2 aliphatic rings. The van der Waals surface area contributed by atoms with Crippen molar-refractivity contribution in [1.29, 1.82) is 0 Å². The fourth-order valence-corrected chi connectivity index (χ4v) is 3.23. The van der Waals surface area contributed by atoms with Crippen LogP contribution in [-0.2, 0) is 0 Å². The molecule has 0 amide bonds. The third-order valence-corrected chi connectivity index (χ3v) is 4.46. The van der Waals surface area contributed by atoms with Crippen LogP contribution in [0.2, 0.25) is 0 Å². The van der Waals surface area contributed by atoms with E-state index in [9.17, 15) is 0 Å². The second-order valence-corrected chi connectivity index (χ2v) is 6.12. The van der Waals surface area contributed by atoms with Crippen LogP contribution in [0, 0.1) is 5.92 Å². The number of aromatic nitrogens is 2. The van der Waals surface area contributed by atoms with Crippen LogP contribution in [0.25, 0.3) is 0 Å². The van der Waals surface area contributed by atoms with Gasteiger partial charge in [0, 0.05) is 31.9 Å². The molecular formula is C15H25N5. The van der Waals surface area contributed by atoms with Crippen molar-refractivity contribution in [1.82, 2.24) is 9.97 Å². The fourth-order valence-electron chi connectivity index (χ4n) is 3.23. The average Bonchev–Trinajstić information content (AvgIpc) is 2.93. The summed E-state index contributed by atoms with van der Waals surface area (Å²) in [6.45, 7) is 2.91. The van der Waals surface area contributed by atoms with Crippen molar-refractivity contribution in [3.05, 3.63) is 12.3 Å². The van der Waals surface area contributed by atoms with Crippen molar-refractivity contribution >= 4 is 11.8 Å². The first-order chi connectivity index (χ1) is 9.81. The van der Waals surface area contributed by atoms with Gasteiger partial charge in [0.05, 0.1) is 0 Å². The quantitative estimate of drug-likeness (QED) is 0.880. The molecule has 3 N–H and O–H groups in total. The van der Waals surface area contributed by atoms with Crippen LogP contribution in [0.5, 0.6) is 0 Å². The maximum absolute atomic E-state index is 5.96. The molecule has 5 heteroatoms. The van der Waals surface area contributed by atoms with Crippen molar-refractivity contribution < 1.29 is 0 Å². The molecule has 110 valence electrons. The van der Waals surface area contributed by atoms with Crippen molar-refractivity contribution in [2.75, 3.05) is 29.9 Å². The molecule has 1 saturated carbocycles. The second-order valence-electron chi connectivity index (χ2n) is 6.12. The lowest BCUT2D eigenvalue weighted by Gasteiger charge is -2.22. The van der Waals surface area contributed by atoms with Gasteiger partial charge in [-0.15, -0.1) is 0 Å². The Morgan fingerprint density at radius 1 is 1.25 bits per heavy atom. The zero-order chi connectivity index (χ0) is 13.8. The summed E-state index contributed by atoms with van der Waals surface area (Å²) < 4.78 is 0. The smallest absolute Gasteiger partial charge is 0.224 e. The summed E-state index contributed by atoms with van der Waals surface area (Å²) >= 11 is 0. The van der Waals surface area contributed by atoms with Crippen LogP contribution in [0.4, 0.5) is 11.8 Å². The van der Waals surface area contributed by atoms with Crippen molar-refractivity contribution in [2.45, 2.75) is 44.6 Å². The van der Waals surface area contributed by atoms with E-state index < -0.39 is 0 Å². The van der Waals surface area contributed by atoms with E-state index in [4.69, 9.17) is 5.73 Å². The zero-order valence-corrected chi connectivity index (χ0v) is 12.1. The standard InChI is InChI=1S/C15H25N5/c16-13-7-9-20(11-13)14-6-8-17-15(19-14)18-10-12-4-2-1-3-5-12/h6,8,12-13H,1-5,7,9-11,16H2,(H,17,18,19). The Labute approximate surface area is 121 Å². The van der Waals surface area contributed by atoms with Gasteiger partial charge in [-0.05, 0) is 31.2 Å². The summed E-state index contributed by atoms with van der Waals surface area (Å²) in [4.78, 5) is 11.2. The number of nitrogens with two attached hydrogens (primary N) is 1. The summed E-state index contributed by atoms with van der Waals surface area (Å²) in [6, 6.07) is 2.26. The van der Waals surface area contributed by atoms with E-state index in [0.717, 1.165) is 43.7 Å². The van der Waals surface area contributed by atoms with Crippen molar-refractivity contribution in [3.8, 4) is 0 Å². The molecule has 1 aromatic heterocycles. The lowest BCUT2D eigenvalue weighted by molar-refractivity contribution is 0.373. The molecule has 2 fully saturated rings. The maximum Gasteiger partial charge on any atom is 0.224 e. The number of hydrogen-bond donors (Lipinski definition) is 2. The minimum atomic E-state index is 0.281. The molecule has 1 aliphatic heterocycles. The lowest BCUT2D eigenvalue weighted by atomic mass is 9.89. The summed E-state index contributed by atoms with van der Waals surface area (Å²) in [5, 5.41) is 3.41. The summed E-state index contributed by atoms with van der Waals surface area (Å²) in [5.74, 6) is 2.55. The molecule has 1 saturated heterocycles. The van der Waals surface area contributed by atoms with Gasteiger partial charge in [-0.2, -0.15) is 4.98 Å². The Kier molecular flexibility index (Phi) is 4.35. The van der Waals surface area contributed by atoms with Crippen LogP contribution in [0.15, 0.2) is 12.3 Å². The minimum Gasteiger partial charge on any atom is -0.355 e. The minimum absolute atomic E-state index is 0.281. The molecule has 0 radical (unpaired) electrons. The van der Waals surface area contributed by atoms with Crippen LogP contribution in [-0.4, -0.2) is 35.6 Å². The van der Waals surface area contributed by atoms with Crippen LogP contribution in [0.1, 0.15) is 38.5 Å². The van der Waals surface area contributed by atoms with E-state index in [1.165, 1.54) is 32.1 Å². The predicted octanol–water partition coefficient (Wildman–Crippen LogP) is 2.01. The first-order valence-electron chi connectivity index (χ1n) is 7.89. The molecule has 1 unspecified atom stereocenters. The Balaban J connectivity index is 1.56. The molecular weight excluding hydrogens is 250 g/mol. The summed E-state index contributed by atoms with van der Waals surface area (Å²) in [6.07, 6.45) is 9.72. The largest absolute Gasteiger partial charge is 0.355 e. The Morgan fingerprint density at radius 2 is 2.10 bits per heavy atom. The normalized spacial score (nSPS) is 24.1. The van der Waals surface area contributed by atoms with Gasteiger partial charge in [-0.1, -0.05) is 19.3 Å².